The van der Waals surface area contributed by atoms with Crippen molar-refractivity contribution in [3.8, 4) is 0 Å². The molecule has 0 spiro atoms. The Balaban J connectivity index is 1.43. The van der Waals surface area contributed by atoms with E-state index in [0.717, 1.165) is 0 Å². The highest BCUT2D eigenvalue weighted by molar-refractivity contribution is 6.03. The van der Waals surface area contributed by atoms with Gasteiger partial charge in [0, 0.05) is 38.2 Å². The summed E-state index contributed by atoms with van der Waals surface area (Å²) in [7, 11) is 0. The number of halogens is 3. The molecule has 208 valence electrons. The van der Waals surface area contributed by atoms with Crippen LogP contribution in [0.4, 0.5) is 13.2 Å². The highest BCUT2D eigenvalue weighted by Crippen LogP contribution is 2.34. The number of hydrogen-bond acceptors (Lipinski definition) is 5. The van der Waals surface area contributed by atoms with Crippen LogP contribution in [0.25, 0.3) is 0 Å². The zero-order valence-electron chi connectivity index (χ0n) is 21.8. The molecule has 10 heteroatoms. The first-order chi connectivity index (χ1) is 19.4. The van der Waals surface area contributed by atoms with Gasteiger partial charge in [0.05, 0.1) is 30.5 Å². The Morgan fingerprint density at radius 2 is 1.57 bits per heavy atom. The first-order valence-electron chi connectivity index (χ1n) is 13.1. The van der Waals surface area contributed by atoms with Gasteiger partial charge in [-0.25, -0.2) is 18.2 Å². The van der Waals surface area contributed by atoms with Crippen LogP contribution in [0, 0.1) is 17.5 Å². The third-order valence-corrected chi connectivity index (χ3v) is 7.12. The number of benzene rings is 3. The Bertz CT molecular complexity index is 1390. The van der Waals surface area contributed by atoms with Gasteiger partial charge in [-0.1, -0.05) is 42.5 Å². The molecule has 7 nitrogen and oxygen atoms in total. The molecule has 1 atom stereocenters. The van der Waals surface area contributed by atoms with E-state index in [1.54, 1.807) is 36.4 Å². The molecule has 2 aliphatic heterocycles. The molecule has 0 saturated carbocycles. The number of carbonyl (C=O) groups excluding carboxylic acids is 2. The number of rotatable bonds is 8. The van der Waals surface area contributed by atoms with E-state index in [1.165, 1.54) is 46.3 Å². The van der Waals surface area contributed by atoms with Crippen LogP contribution in [0.5, 0.6) is 0 Å². The number of hydrogen-bond donors (Lipinski definition) is 0. The Morgan fingerprint density at radius 1 is 0.900 bits per heavy atom. The zero-order chi connectivity index (χ0) is 28.1. The van der Waals surface area contributed by atoms with Crippen LogP contribution in [0.1, 0.15) is 33.9 Å². The van der Waals surface area contributed by atoms with Gasteiger partial charge < -0.3 is 9.64 Å². The number of nitrogens with zero attached hydrogens (tertiary/aromatic N) is 4. The molecule has 0 bridgehead atoms. The Hall–Kier alpha value is -4.02. The van der Waals surface area contributed by atoms with Crippen LogP contribution in [0.3, 0.4) is 0 Å². The lowest BCUT2D eigenvalue weighted by Gasteiger charge is -2.31. The van der Waals surface area contributed by atoms with Crippen molar-refractivity contribution in [2.75, 3.05) is 45.9 Å². The van der Waals surface area contributed by atoms with Crippen molar-refractivity contribution < 1.29 is 27.5 Å². The molecular formula is C30H29F3N4O3. The van der Waals surface area contributed by atoms with Crippen LogP contribution in [0.2, 0.25) is 0 Å². The standard InChI is InChI=1S/C30H29F3N4O3/c31-22-11-9-21(10-12-22)27-19-28(23-5-1-3-7-25(23)32)37(34-27)29(38)20-36(14-13-35-15-17-40-18-16-35)30(39)24-6-2-4-8-26(24)33/h1-12,28H,13-20H2. The summed E-state index contributed by atoms with van der Waals surface area (Å²) in [4.78, 5) is 30.6. The fraction of sp³-hybridized carbons (Fsp3) is 0.300. The minimum absolute atomic E-state index is 0.139. The fourth-order valence-electron chi connectivity index (χ4n) is 4.92. The summed E-state index contributed by atoms with van der Waals surface area (Å²) in [5, 5.41) is 5.70. The molecule has 1 unspecified atom stereocenters. The molecule has 3 aromatic rings. The number of amides is 2. The van der Waals surface area contributed by atoms with Crippen LogP contribution >= 0.6 is 0 Å². The number of morpholine rings is 1. The van der Waals surface area contributed by atoms with Crippen molar-refractivity contribution in [3.63, 3.8) is 0 Å². The van der Waals surface area contributed by atoms with Crippen LogP contribution < -0.4 is 0 Å². The van der Waals surface area contributed by atoms with Crippen molar-refractivity contribution in [3.05, 3.63) is 107 Å². The second-order valence-electron chi connectivity index (χ2n) is 9.69. The normalized spacial score (nSPS) is 17.5. The average molecular weight is 551 g/mol. The minimum Gasteiger partial charge on any atom is -0.379 e. The van der Waals surface area contributed by atoms with Crippen molar-refractivity contribution >= 4 is 17.5 Å². The van der Waals surface area contributed by atoms with Crippen LogP contribution in [0.15, 0.2) is 77.9 Å². The third kappa shape index (κ3) is 6.24. The van der Waals surface area contributed by atoms with Crippen LogP contribution in [-0.2, 0) is 9.53 Å². The van der Waals surface area contributed by atoms with Gasteiger partial charge in [0.1, 0.15) is 24.0 Å². The summed E-state index contributed by atoms with van der Waals surface area (Å²) in [5.74, 6) is -2.75. The summed E-state index contributed by atoms with van der Waals surface area (Å²) < 4.78 is 48.4. The van der Waals surface area contributed by atoms with Gasteiger partial charge in [-0.05, 0) is 35.9 Å². The highest BCUT2D eigenvalue weighted by atomic mass is 19.1. The monoisotopic (exact) mass is 550 g/mol. The molecule has 3 aromatic carbocycles. The molecule has 40 heavy (non-hydrogen) atoms. The van der Waals surface area contributed by atoms with E-state index >= 15 is 0 Å². The minimum atomic E-state index is -0.765. The Kier molecular flexibility index (Phi) is 8.57. The summed E-state index contributed by atoms with van der Waals surface area (Å²) in [5.41, 5.74) is 1.23. The SMILES string of the molecule is O=C(c1ccccc1F)N(CCN1CCOCC1)CC(=O)N1N=C(c2ccc(F)cc2)CC1c1ccccc1F. The maximum atomic E-state index is 14.9. The predicted molar refractivity (Wildman–Crippen MR) is 143 cm³/mol. The van der Waals surface area contributed by atoms with Crippen molar-refractivity contribution in [1.29, 1.82) is 0 Å². The maximum Gasteiger partial charge on any atom is 0.262 e. The second-order valence-corrected chi connectivity index (χ2v) is 9.69. The smallest absolute Gasteiger partial charge is 0.262 e. The van der Waals surface area contributed by atoms with E-state index < -0.39 is 35.3 Å². The molecule has 0 radical (unpaired) electrons. The first kappa shape index (κ1) is 27.5. The molecule has 0 N–H and O–H groups in total. The zero-order valence-corrected chi connectivity index (χ0v) is 21.8. The van der Waals surface area contributed by atoms with Gasteiger partial charge in [-0.2, -0.15) is 5.10 Å². The quantitative estimate of drug-likeness (QED) is 0.421. The molecule has 2 aliphatic rings. The third-order valence-electron chi connectivity index (χ3n) is 7.12. The van der Waals surface area contributed by atoms with Gasteiger partial charge in [0.2, 0.25) is 0 Å². The summed E-state index contributed by atoms with van der Waals surface area (Å²) >= 11 is 0. The van der Waals surface area contributed by atoms with E-state index in [2.05, 4.69) is 10.0 Å². The summed E-state index contributed by atoms with van der Waals surface area (Å²) in [6, 6.07) is 16.7. The van der Waals surface area contributed by atoms with Crippen molar-refractivity contribution in [2.45, 2.75) is 12.5 Å². The topological polar surface area (TPSA) is 65.5 Å². The van der Waals surface area contributed by atoms with E-state index in [0.29, 0.717) is 44.1 Å². The molecular weight excluding hydrogens is 521 g/mol. The van der Waals surface area contributed by atoms with Gasteiger partial charge in [0.15, 0.2) is 0 Å². The van der Waals surface area contributed by atoms with Crippen LogP contribution in [-0.4, -0.2) is 78.3 Å². The number of ether oxygens (including phenoxy) is 1. The Labute approximate surface area is 230 Å². The van der Waals surface area contributed by atoms with E-state index in [-0.39, 0.29) is 30.6 Å². The molecule has 5 rings (SSSR count). The van der Waals surface area contributed by atoms with Gasteiger partial charge >= 0.3 is 0 Å². The van der Waals surface area contributed by atoms with Gasteiger partial charge in [0.25, 0.3) is 11.8 Å². The molecule has 2 amide bonds. The van der Waals surface area contributed by atoms with Crippen molar-refractivity contribution in [1.82, 2.24) is 14.8 Å². The lowest BCUT2D eigenvalue weighted by molar-refractivity contribution is -0.133. The maximum absolute atomic E-state index is 14.9. The highest BCUT2D eigenvalue weighted by Gasteiger charge is 2.36. The average Bonchev–Trinajstić information content (AvgIpc) is 3.42. The molecule has 1 saturated heterocycles. The van der Waals surface area contributed by atoms with Gasteiger partial charge in [-0.15, -0.1) is 0 Å². The second kappa shape index (κ2) is 12.4. The van der Waals surface area contributed by atoms with E-state index in [4.69, 9.17) is 4.74 Å². The molecule has 2 heterocycles. The van der Waals surface area contributed by atoms with Gasteiger partial charge in [-0.3, -0.25) is 14.5 Å². The summed E-state index contributed by atoms with van der Waals surface area (Å²) in [6.07, 6.45) is 0.202. The van der Waals surface area contributed by atoms with E-state index in [9.17, 15) is 22.8 Å². The largest absolute Gasteiger partial charge is 0.379 e. The first-order valence-corrected chi connectivity index (χ1v) is 13.1. The summed E-state index contributed by atoms with van der Waals surface area (Å²) in [6.45, 7) is 2.76. The molecule has 0 aromatic heterocycles. The predicted octanol–water partition coefficient (Wildman–Crippen LogP) is 4.26. The number of carbonyl (C=O) groups is 2. The van der Waals surface area contributed by atoms with E-state index in [1.807, 2.05) is 0 Å². The Morgan fingerprint density at radius 3 is 2.27 bits per heavy atom. The molecule has 0 aliphatic carbocycles. The lowest BCUT2D eigenvalue weighted by atomic mass is 9.98. The lowest BCUT2D eigenvalue weighted by Crippen LogP contribution is -2.46. The van der Waals surface area contributed by atoms with Crippen molar-refractivity contribution in [2.24, 2.45) is 5.10 Å². The molecule has 1 fully saturated rings. The fourth-order valence-corrected chi connectivity index (χ4v) is 4.92. The number of hydrazone groups is 1.